The van der Waals surface area contributed by atoms with Gasteiger partial charge in [-0.15, -0.1) is 0 Å². The third kappa shape index (κ3) is 11.2. The lowest BCUT2D eigenvalue weighted by Crippen LogP contribution is -2.36. The van der Waals surface area contributed by atoms with Crippen LogP contribution in [0.4, 0.5) is 4.79 Å². The van der Waals surface area contributed by atoms with Gasteiger partial charge >= 0.3 is 30.2 Å². The zero-order valence-electron chi connectivity index (χ0n) is 27.1. The second-order valence-corrected chi connectivity index (χ2v) is 12.9. The van der Waals surface area contributed by atoms with E-state index < -0.39 is 36.8 Å². The first-order valence-corrected chi connectivity index (χ1v) is 17.4. The zero-order chi connectivity index (χ0) is 36.2. The average molecular weight is 840 g/mol. The Bertz CT molecular complexity index is 1710. The van der Waals surface area contributed by atoms with Gasteiger partial charge in [0.25, 0.3) is 5.91 Å². The van der Waals surface area contributed by atoms with Crippen LogP contribution in [0.25, 0.3) is 0 Å². The second-order valence-electron chi connectivity index (χ2n) is 10.6. The summed E-state index contributed by atoms with van der Waals surface area (Å²) < 4.78 is 28.3. The topological polar surface area (TPSA) is 150 Å². The summed E-state index contributed by atoms with van der Waals surface area (Å²) in [7, 11) is 0. The van der Waals surface area contributed by atoms with Gasteiger partial charge in [-0.05, 0) is 67.9 Å². The smallest absolute Gasteiger partial charge is 0.389 e. The molecular weight excluding hydrogens is 806 g/mol. The molecule has 1 heterocycles. The van der Waals surface area contributed by atoms with Crippen molar-refractivity contribution in [1.29, 1.82) is 0 Å². The monoisotopic (exact) mass is 837 g/mol. The maximum Gasteiger partial charge on any atom is 0.389 e. The van der Waals surface area contributed by atoms with E-state index >= 15 is 0 Å². The van der Waals surface area contributed by atoms with Crippen LogP contribution in [0.1, 0.15) is 30.5 Å². The van der Waals surface area contributed by atoms with Crippen molar-refractivity contribution in [2.45, 2.75) is 39.8 Å². The lowest BCUT2D eigenvalue weighted by molar-refractivity contribution is -0.187. The first-order chi connectivity index (χ1) is 24.0. The van der Waals surface area contributed by atoms with Gasteiger partial charge in [0.05, 0.1) is 32.8 Å². The molecule has 16 heteroatoms. The Morgan fingerprint density at radius 3 is 2.20 bits per heavy atom. The van der Waals surface area contributed by atoms with Crippen LogP contribution in [0.2, 0.25) is 5.02 Å². The summed E-state index contributed by atoms with van der Waals surface area (Å²) in [5, 5.41) is 3.48. The molecule has 50 heavy (non-hydrogen) atoms. The van der Waals surface area contributed by atoms with Gasteiger partial charge in [0.1, 0.15) is 18.0 Å². The highest BCUT2D eigenvalue weighted by atomic mass is 79.9. The molecule has 3 aromatic rings. The highest BCUT2D eigenvalue weighted by Gasteiger charge is 2.36. The van der Waals surface area contributed by atoms with Gasteiger partial charge in [0, 0.05) is 31.6 Å². The lowest BCUT2D eigenvalue weighted by atomic mass is 10.2. The van der Waals surface area contributed by atoms with Crippen LogP contribution in [0.15, 0.2) is 69.6 Å². The van der Waals surface area contributed by atoms with Crippen molar-refractivity contribution in [2.75, 3.05) is 32.9 Å². The number of urea groups is 1. The molecule has 1 unspecified atom stereocenters. The number of carbonyl (C=O) groups excluding carboxylic acids is 5. The molecule has 266 valence electrons. The average Bonchev–Trinajstić information content (AvgIpc) is 3.33. The minimum atomic E-state index is -1.78. The third-order valence-corrected chi connectivity index (χ3v) is 8.21. The van der Waals surface area contributed by atoms with E-state index in [4.69, 9.17) is 35.3 Å². The van der Waals surface area contributed by atoms with Crippen LogP contribution < -0.4 is 14.8 Å². The van der Waals surface area contributed by atoms with Crippen molar-refractivity contribution in [3.05, 3.63) is 91.3 Å². The number of nitrogens with one attached hydrogen (secondary N) is 1. The minimum absolute atomic E-state index is 0.00185. The predicted molar refractivity (Wildman–Crippen MR) is 187 cm³/mol. The first-order valence-electron chi connectivity index (χ1n) is 15.4. The van der Waals surface area contributed by atoms with E-state index in [0.29, 0.717) is 25.1 Å². The summed E-state index contributed by atoms with van der Waals surface area (Å²) in [4.78, 5) is 66.0. The fraction of sp³-hybridized carbons (Fsp3) is 0.324. The molecule has 3 aromatic carbocycles. The van der Waals surface area contributed by atoms with Gasteiger partial charge in [-0.25, -0.2) is 14.4 Å². The summed E-state index contributed by atoms with van der Waals surface area (Å²) in [5.74, 6) is -2.25. The highest BCUT2D eigenvalue weighted by molar-refractivity contribution is 9.10. The number of imide groups is 1. The van der Waals surface area contributed by atoms with Crippen molar-refractivity contribution < 1.29 is 47.7 Å². The molecule has 13 nitrogen and oxygen atoms in total. The maximum atomic E-state index is 13.2. The number of hydrogen-bond donors (Lipinski definition) is 1. The van der Waals surface area contributed by atoms with Crippen LogP contribution >= 0.6 is 43.5 Å². The number of benzene rings is 3. The van der Waals surface area contributed by atoms with Crippen LogP contribution in [-0.2, 0) is 53.0 Å². The van der Waals surface area contributed by atoms with Crippen molar-refractivity contribution in [1.82, 2.24) is 15.1 Å². The summed E-state index contributed by atoms with van der Waals surface area (Å²) in [6.45, 7) is 2.97. The SMILES string of the molecule is CCOC(=O)CNCc1cc(Br)ccc1OC(OC(=O)COc1ccc(Br)cc1CN1CC(=O)N(Cc2ccc(Cl)cc2)C1=O)C(=O)OCC. The summed E-state index contributed by atoms with van der Waals surface area (Å²) in [6.07, 6.45) is -1.78. The number of rotatable bonds is 17. The summed E-state index contributed by atoms with van der Waals surface area (Å²) >= 11 is 12.8. The Morgan fingerprint density at radius 2 is 1.52 bits per heavy atom. The number of amides is 3. The van der Waals surface area contributed by atoms with E-state index in [1.54, 1.807) is 74.5 Å². The molecule has 3 amide bonds. The number of ether oxygens (including phenoxy) is 5. The van der Waals surface area contributed by atoms with Gasteiger partial charge in [-0.3, -0.25) is 14.5 Å². The molecule has 0 aliphatic carbocycles. The van der Waals surface area contributed by atoms with Gasteiger partial charge in [0.15, 0.2) is 6.61 Å². The molecule has 1 fully saturated rings. The van der Waals surface area contributed by atoms with Crippen molar-refractivity contribution >= 4 is 73.3 Å². The number of esters is 3. The van der Waals surface area contributed by atoms with E-state index in [2.05, 4.69) is 37.2 Å². The molecule has 1 N–H and O–H groups in total. The van der Waals surface area contributed by atoms with Gasteiger partial charge in [0.2, 0.25) is 0 Å². The normalized spacial score (nSPS) is 13.2. The quantitative estimate of drug-likeness (QED) is 0.0809. The van der Waals surface area contributed by atoms with Gasteiger partial charge < -0.3 is 33.9 Å². The van der Waals surface area contributed by atoms with E-state index in [9.17, 15) is 24.0 Å². The Hall–Kier alpha value is -4.18. The van der Waals surface area contributed by atoms with E-state index in [1.807, 2.05) is 0 Å². The third-order valence-electron chi connectivity index (χ3n) is 6.98. The predicted octanol–water partition coefficient (Wildman–Crippen LogP) is 5.37. The standard InChI is InChI=1S/C34H34Br2ClN3O10/c1-3-46-30(42)16-38-15-22-13-24(35)8-12-28(22)49-33(32(44)47-4-2)50-31(43)20-48-27-11-7-25(36)14-23(27)18-39-19-29(41)40(34(39)45)17-21-5-9-26(37)10-6-21/h5-14,33,38H,3-4,15-20H2,1-2H3. The van der Waals surface area contributed by atoms with E-state index in [-0.39, 0.29) is 63.3 Å². The van der Waals surface area contributed by atoms with E-state index in [0.717, 1.165) is 10.5 Å². The Morgan fingerprint density at radius 1 is 0.860 bits per heavy atom. The second kappa shape index (κ2) is 18.7. The summed E-state index contributed by atoms with van der Waals surface area (Å²) in [5.41, 5.74) is 1.80. The molecule has 1 atom stereocenters. The van der Waals surface area contributed by atoms with Crippen LogP contribution in [0.5, 0.6) is 11.5 Å². The Kier molecular flexibility index (Phi) is 14.5. The van der Waals surface area contributed by atoms with Gasteiger partial charge in [-0.2, -0.15) is 0 Å². The fourth-order valence-corrected chi connectivity index (χ4v) is 5.65. The lowest BCUT2D eigenvalue weighted by Gasteiger charge is -2.21. The first kappa shape index (κ1) is 38.6. The molecule has 1 aliphatic rings. The molecular formula is C34H34Br2ClN3O10. The molecule has 1 aliphatic heterocycles. The number of halogens is 3. The van der Waals surface area contributed by atoms with Crippen LogP contribution in [0.3, 0.4) is 0 Å². The molecule has 4 rings (SSSR count). The van der Waals surface area contributed by atoms with Crippen molar-refractivity contribution in [3.8, 4) is 11.5 Å². The molecule has 1 saturated heterocycles. The Labute approximate surface area is 310 Å². The Balaban J connectivity index is 1.41. The molecule has 0 saturated carbocycles. The largest absolute Gasteiger partial charge is 0.482 e. The number of hydrogen-bond acceptors (Lipinski definition) is 11. The maximum absolute atomic E-state index is 13.2. The van der Waals surface area contributed by atoms with Crippen LogP contribution in [-0.4, -0.2) is 78.8 Å². The fourth-order valence-electron chi connectivity index (χ4n) is 4.71. The van der Waals surface area contributed by atoms with Crippen LogP contribution in [0, 0.1) is 0 Å². The number of carbonyl (C=O) groups is 5. The van der Waals surface area contributed by atoms with Crippen molar-refractivity contribution in [3.63, 3.8) is 0 Å². The zero-order valence-corrected chi connectivity index (χ0v) is 31.0. The molecule has 0 bridgehead atoms. The minimum Gasteiger partial charge on any atom is -0.482 e. The number of nitrogens with zero attached hydrogens (tertiary/aromatic N) is 2. The molecule has 0 aromatic heterocycles. The van der Waals surface area contributed by atoms with E-state index in [1.165, 1.54) is 4.90 Å². The highest BCUT2D eigenvalue weighted by Crippen LogP contribution is 2.28. The summed E-state index contributed by atoms with van der Waals surface area (Å²) in [6, 6.07) is 16.3. The molecule has 0 spiro atoms. The van der Waals surface area contributed by atoms with Gasteiger partial charge in [-0.1, -0.05) is 55.6 Å². The van der Waals surface area contributed by atoms with Crippen molar-refractivity contribution in [2.24, 2.45) is 0 Å². The molecule has 0 radical (unpaired) electrons.